The van der Waals surface area contributed by atoms with E-state index in [0.717, 1.165) is 18.5 Å². The van der Waals surface area contributed by atoms with Gasteiger partial charge in [0.1, 0.15) is 23.6 Å². The Kier molecular flexibility index (Phi) is 8.21. The molecule has 2 heterocycles. The first-order chi connectivity index (χ1) is 17.9. The highest BCUT2D eigenvalue weighted by Gasteiger charge is 2.54. The Morgan fingerprint density at radius 2 is 1.76 bits per heavy atom. The molecule has 9 nitrogen and oxygen atoms in total. The van der Waals surface area contributed by atoms with Gasteiger partial charge in [0.2, 0.25) is 5.91 Å². The van der Waals surface area contributed by atoms with Gasteiger partial charge in [-0.05, 0) is 43.5 Å². The van der Waals surface area contributed by atoms with Crippen LogP contribution in [0.2, 0.25) is 0 Å². The highest BCUT2D eigenvalue weighted by molar-refractivity contribution is 5.99. The molecular weight excluding hydrogens is 472 g/mol. The van der Waals surface area contributed by atoms with Gasteiger partial charge in [0, 0.05) is 31.4 Å². The fourth-order valence-electron chi connectivity index (χ4n) is 5.18. The van der Waals surface area contributed by atoms with Crippen LogP contribution in [0, 0.1) is 0 Å². The van der Waals surface area contributed by atoms with Gasteiger partial charge in [-0.3, -0.25) is 14.4 Å². The fraction of sp³-hybridized carbons (Fsp3) is 0.464. The van der Waals surface area contributed by atoms with Crippen LogP contribution in [-0.2, 0) is 9.59 Å². The summed E-state index contributed by atoms with van der Waals surface area (Å²) in [4.78, 5) is 45.3. The maximum atomic E-state index is 13.8. The highest BCUT2D eigenvalue weighted by atomic mass is 16.5. The summed E-state index contributed by atoms with van der Waals surface area (Å²) < 4.78 is 10.7. The van der Waals surface area contributed by atoms with E-state index in [4.69, 9.17) is 9.47 Å². The Balaban J connectivity index is 1.52. The van der Waals surface area contributed by atoms with Gasteiger partial charge < -0.3 is 29.5 Å². The smallest absolute Gasteiger partial charge is 0.257 e. The Bertz CT molecular complexity index is 1110. The van der Waals surface area contributed by atoms with Crippen LogP contribution in [0.1, 0.15) is 43.0 Å². The lowest BCUT2D eigenvalue weighted by Gasteiger charge is -2.43. The largest absolute Gasteiger partial charge is 0.497 e. The molecule has 0 unspecified atom stereocenters. The molecule has 2 fully saturated rings. The van der Waals surface area contributed by atoms with Crippen molar-refractivity contribution in [3.63, 3.8) is 0 Å². The number of benzene rings is 2. The minimum atomic E-state index is -0.800. The zero-order valence-electron chi connectivity index (χ0n) is 21.9. The third-order valence-corrected chi connectivity index (χ3v) is 7.29. The van der Waals surface area contributed by atoms with Crippen molar-refractivity contribution >= 4 is 23.4 Å². The monoisotopic (exact) mass is 508 g/mol. The second-order valence-corrected chi connectivity index (χ2v) is 9.50. The normalized spacial score (nSPS) is 16.7. The molecule has 2 aliphatic rings. The van der Waals surface area contributed by atoms with E-state index in [0.29, 0.717) is 56.2 Å². The molecule has 3 amide bonds. The van der Waals surface area contributed by atoms with Crippen molar-refractivity contribution in [2.24, 2.45) is 0 Å². The third-order valence-electron chi connectivity index (χ3n) is 7.29. The third kappa shape index (κ3) is 5.35. The summed E-state index contributed by atoms with van der Waals surface area (Å²) in [7, 11) is 3.09. The lowest BCUT2D eigenvalue weighted by Crippen LogP contribution is -2.57. The summed E-state index contributed by atoms with van der Waals surface area (Å²) in [5, 5.41) is 2.91. The number of nitrogens with zero attached hydrogens (tertiary/aromatic N) is 3. The van der Waals surface area contributed by atoms with Crippen LogP contribution in [0.3, 0.4) is 0 Å². The number of rotatable bonds is 9. The molecule has 0 radical (unpaired) electrons. The number of unbranched alkanes of at least 4 members (excludes halogenated alkanes) is 1. The standard InChI is InChI=1S/C28H36N4O5/c1-4-5-15-29-25(33)19-31-20-32(21-9-7-6-8-10-21)28(27(31)35)13-16-30(17-14-28)26(34)23-12-11-22(36-2)18-24(23)37-3/h6-12,18H,4-5,13-17,19-20H2,1-3H3,(H,29,33). The molecule has 1 N–H and O–H groups in total. The van der Waals surface area contributed by atoms with E-state index in [-0.39, 0.29) is 24.3 Å². The van der Waals surface area contributed by atoms with Crippen LogP contribution in [0.15, 0.2) is 48.5 Å². The van der Waals surface area contributed by atoms with Crippen molar-refractivity contribution in [2.45, 2.75) is 38.1 Å². The van der Waals surface area contributed by atoms with E-state index in [9.17, 15) is 14.4 Å². The van der Waals surface area contributed by atoms with Gasteiger partial charge >= 0.3 is 0 Å². The Labute approximate surface area is 218 Å². The van der Waals surface area contributed by atoms with E-state index in [2.05, 4.69) is 17.1 Å². The van der Waals surface area contributed by atoms with Gasteiger partial charge in [-0.2, -0.15) is 0 Å². The number of piperidine rings is 1. The number of para-hydroxylation sites is 1. The van der Waals surface area contributed by atoms with Crippen LogP contribution >= 0.6 is 0 Å². The average Bonchev–Trinajstić information content (AvgIpc) is 3.19. The molecule has 0 saturated carbocycles. The number of ether oxygens (including phenoxy) is 2. The van der Waals surface area contributed by atoms with Gasteiger partial charge in [0.25, 0.3) is 11.8 Å². The van der Waals surface area contributed by atoms with Gasteiger partial charge in [-0.25, -0.2) is 0 Å². The summed E-state index contributed by atoms with van der Waals surface area (Å²) in [5.41, 5.74) is 0.592. The molecule has 2 aliphatic heterocycles. The van der Waals surface area contributed by atoms with Crippen LogP contribution in [0.4, 0.5) is 5.69 Å². The summed E-state index contributed by atoms with van der Waals surface area (Å²) in [6, 6.07) is 14.9. The van der Waals surface area contributed by atoms with Crippen molar-refractivity contribution in [3.8, 4) is 11.5 Å². The van der Waals surface area contributed by atoms with Gasteiger partial charge in [-0.15, -0.1) is 0 Å². The van der Waals surface area contributed by atoms with Crippen molar-refractivity contribution in [1.82, 2.24) is 15.1 Å². The summed E-state index contributed by atoms with van der Waals surface area (Å²) >= 11 is 0. The Hall–Kier alpha value is -3.75. The maximum absolute atomic E-state index is 13.8. The first kappa shape index (κ1) is 26.3. The van der Waals surface area contributed by atoms with Crippen LogP contribution in [0.5, 0.6) is 11.5 Å². The summed E-state index contributed by atoms with van der Waals surface area (Å²) in [6.07, 6.45) is 2.84. The Morgan fingerprint density at radius 3 is 2.41 bits per heavy atom. The van der Waals surface area contributed by atoms with Crippen molar-refractivity contribution in [1.29, 1.82) is 0 Å². The molecule has 2 aromatic carbocycles. The number of nitrogens with one attached hydrogen (secondary N) is 1. The van der Waals surface area contributed by atoms with Gasteiger partial charge in [0.15, 0.2) is 0 Å². The number of hydrogen-bond acceptors (Lipinski definition) is 6. The molecule has 4 rings (SSSR count). The maximum Gasteiger partial charge on any atom is 0.257 e. The number of amides is 3. The molecule has 0 aliphatic carbocycles. The average molecular weight is 509 g/mol. The predicted molar refractivity (Wildman–Crippen MR) is 141 cm³/mol. The molecule has 2 aromatic rings. The molecule has 1 spiro atoms. The number of methoxy groups -OCH3 is 2. The number of hydrogen-bond donors (Lipinski definition) is 1. The molecular formula is C28H36N4O5. The minimum Gasteiger partial charge on any atom is -0.497 e. The van der Waals surface area contributed by atoms with E-state index in [1.54, 1.807) is 35.1 Å². The SMILES string of the molecule is CCCCNC(=O)CN1CN(c2ccccc2)C2(CCN(C(=O)c3ccc(OC)cc3OC)CC2)C1=O. The summed E-state index contributed by atoms with van der Waals surface area (Å²) in [6.45, 7) is 3.87. The van der Waals surface area contributed by atoms with E-state index in [1.807, 2.05) is 30.3 Å². The molecule has 37 heavy (non-hydrogen) atoms. The first-order valence-corrected chi connectivity index (χ1v) is 12.8. The van der Waals surface area contributed by atoms with Crippen LogP contribution in [0.25, 0.3) is 0 Å². The second-order valence-electron chi connectivity index (χ2n) is 9.50. The minimum absolute atomic E-state index is 0.0271. The van der Waals surface area contributed by atoms with Gasteiger partial charge in [-0.1, -0.05) is 31.5 Å². The van der Waals surface area contributed by atoms with Crippen LogP contribution in [-0.4, -0.2) is 80.1 Å². The Morgan fingerprint density at radius 1 is 1.03 bits per heavy atom. The first-order valence-electron chi connectivity index (χ1n) is 12.8. The fourth-order valence-corrected chi connectivity index (χ4v) is 5.18. The molecule has 0 atom stereocenters. The van der Waals surface area contributed by atoms with E-state index < -0.39 is 5.54 Å². The number of carbonyl (C=O) groups is 3. The zero-order valence-corrected chi connectivity index (χ0v) is 21.9. The number of likely N-dealkylation sites (tertiary alicyclic amines) is 1. The number of carbonyl (C=O) groups excluding carboxylic acids is 3. The predicted octanol–water partition coefficient (Wildman–Crippen LogP) is 2.90. The summed E-state index contributed by atoms with van der Waals surface area (Å²) in [5.74, 6) is 0.716. The van der Waals surface area contributed by atoms with Crippen LogP contribution < -0.4 is 19.7 Å². The zero-order chi connectivity index (χ0) is 26.4. The quantitative estimate of drug-likeness (QED) is 0.524. The van der Waals surface area contributed by atoms with E-state index >= 15 is 0 Å². The van der Waals surface area contributed by atoms with Gasteiger partial charge in [0.05, 0.1) is 26.5 Å². The molecule has 0 bridgehead atoms. The topological polar surface area (TPSA) is 91.4 Å². The lowest BCUT2D eigenvalue weighted by molar-refractivity contribution is -0.137. The van der Waals surface area contributed by atoms with Crippen molar-refractivity contribution in [3.05, 3.63) is 54.1 Å². The molecule has 198 valence electrons. The highest BCUT2D eigenvalue weighted by Crippen LogP contribution is 2.40. The molecule has 9 heteroatoms. The second kappa shape index (κ2) is 11.5. The van der Waals surface area contributed by atoms with Crippen molar-refractivity contribution in [2.75, 3.05) is 52.0 Å². The van der Waals surface area contributed by atoms with E-state index in [1.165, 1.54) is 7.11 Å². The molecule has 2 saturated heterocycles. The molecule has 0 aromatic heterocycles. The van der Waals surface area contributed by atoms with Crippen molar-refractivity contribution < 1.29 is 23.9 Å². The lowest BCUT2D eigenvalue weighted by atomic mass is 9.85. The number of anilines is 1.